The van der Waals surface area contributed by atoms with Gasteiger partial charge in [0.25, 0.3) is 0 Å². The summed E-state index contributed by atoms with van der Waals surface area (Å²) in [6.07, 6.45) is 0. The molecule has 0 aromatic heterocycles. The fourth-order valence-electron chi connectivity index (χ4n) is 2.19. The number of hydrogen-bond acceptors (Lipinski definition) is 7. The molecule has 0 aliphatic heterocycles. The Morgan fingerprint density at radius 3 is 1.39 bits per heavy atom. The highest BCUT2D eigenvalue weighted by atomic mass is 31.1. The van der Waals surface area contributed by atoms with Crippen LogP contribution in [0.5, 0.6) is 0 Å². The van der Waals surface area contributed by atoms with Crippen LogP contribution >= 0.6 is 8.25 Å². The van der Waals surface area contributed by atoms with E-state index in [9.17, 15) is 14.2 Å². The predicted octanol–water partition coefficient (Wildman–Crippen LogP) is 4.43. The molecule has 2 rings (SSSR count). The maximum absolute atomic E-state index is 11.9. The van der Waals surface area contributed by atoms with Crippen LogP contribution in [0.25, 0.3) is 0 Å². The number of carbonyl (C=O) groups excluding carboxylic acids is 2. The summed E-state index contributed by atoms with van der Waals surface area (Å²) in [7, 11) is -2.31. The van der Waals surface area contributed by atoms with Gasteiger partial charge in [-0.1, -0.05) is 24.3 Å². The maximum atomic E-state index is 11.9. The normalized spacial score (nSPS) is 10.4. The first-order valence-electron chi connectivity index (χ1n) is 8.78. The first kappa shape index (κ1) is 21.7. The van der Waals surface area contributed by atoms with Crippen LogP contribution in [0.1, 0.15) is 45.7 Å². The minimum atomic E-state index is -2.31. The molecule has 0 aliphatic carbocycles. The van der Waals surface area contributed by atoms with Gasteiger partial charge >= 0.3 is 20.2 Å². The Labute approximate surface area is 164 Å². The van der Waals surface area contributed by atoms with Gasteiger partial charge in [-0.2, -0.15) is 0 Å². The van der Waals surface area contributed by atoms with Gasteiger partial charge in [-0.15, -0.1) is 9.05 Å². The van der Waals surface area contributed by atoms with Gasteiger partial charge in [-0.25, -0.2) is 9.59 Å². The van der Waals surface area contributed by atoms with Gasteiger partial charge in [0, 0.05) is 4.57 Å². The van der Waals surface area contributed by atoms with E-state index in [4.69, 9.17) is 18.5 Å². The summed E-state index contributed by atoms with van der Waals surface area (Å²) in [6, 6.07) is 13.3. The lowest BCUT2D eigenvalue weighted by Crippen LogP contribution is -2.04. The summed E-state index contributed by atoms with van der Waals surface area (Å²) in [4.78, 5) is 23.2. The lowest BCUT2D eigenvalue weighted by atomic mass is 10.1. The number of hydrogen-bond donors (Lipinski definition) is 0. The average Bonchev–Trinajstić information content (AvgIpc) is 2.72. The van der Waals surface area contributed by atoms with Crippen molar-refractivity contribution in [3.8, 4) is 0 Å². The fourth-order valence-corrected chi connectivity index (χ4v) is 2.78. The number of carbonyl (C=O) groups is 2. The Balaban J connectivity index is 1.76. The van der Waals surface area contributed by atoms with Crippen molar-refractivity contribution in [2.24, 2.45) is 0 Å². The van der Waals surface area contributed by atoms with E-state index in [1.54, 1.807) is 62.4 Å². The molecule has 0 spiro atoms. The van der Waals surface area contributed by atoms with Crippen molar-refractivity contribution < 1.29 is 32.7 Å². The van der Waals surface area contributed by atoms with Gasteiger partial charge < -0.3 is 9.47 Å². The highest BCUT2D eigenvalue weighted by Crippen LogP contribution is 2.27. The summed E-state index contributed by atoms with van der Waals surface area (Å²) in [5.74, 6) is -0.781. The van der Waals surface area contributed by atoms with E-state index in [0.29, 0.717) is 24.3 Å². The number of benzene rings is 2. The molecule has 0 aliphatic rings. The Morgan fingerprint density at radius 2 is 1.07 bits per heavy atom. The van der Waals surface area contributed by atoms with E-state index >= 15 is 0 Å². The second-order valence-electron chi connectivity index (χ2n) is 5.61. The Hall–Kier alpha value is -2.60. The van der Waals surface area contributed by atoms with E-state index < -0.39 is 20.2 Å². The minimum Gasteiger partial charge on any atom is -0.462 e. The molecule has 0 radical (unpaired) electrons. The summed E-state index contributed by atoms with van der Waals surface area (Å²) in [6.45, 7) is 4.27. The molecule has 7 nitrogen and oxygen atoms in total. The Morgan fingerprint density at radius 1 is 0.714 bits per heavy atom. The summed E-state index contributed by atoms with van der Waals surface area (Å²) in [5, 5.41) is 0. The van der Waals surface area contributed by atoms with Crippen LogP contribution in [-0.2, 0) is 36.3 Å². The van der Waals surface area contributed by atoms with E-state index in [0.717, 1.165) is 11.1 Å². The largest absolute Gasteiger partial charge is 0.698 e. The molecule has 2 aromatic carbocycles. The van der Waals surface area contributed by atoms with Crippen molar-refractivity contribution >= 4 is 20.2 Å². The molecule has 0 unspecified atom stereocenters. The molecule has 0 saturated heterocycles. The quantitative estimate of drug-likeness (QED) is 0.427. The molecule has 0 bridgehead atoms. The van der Waals surface area contributed by atoms with Crippen molar-refractivity contribution in [2.45, 2.75) is 27.1 Å². The molecule has 2 aromatic rings. The third-order valence-electron chi connectivity index (χ3n) is 3.60. The summed E-state index contributed by atoms with van der Waals surface area (Å²) < 4.78 is 32.1. The van der Waals surface area contributed by atoms with Crippen molar-refractivity contribution in [1.29, 1.82) is 0 Å². The van der Waals surface area contributed by atoms with Crippen LogP contribution in [0.4, 0.5) is 0 Å². The van der Waals surface area contributed by atoms with Gasteiger partial charge in [-0.05, 0) is 49.2 Å². The SMILES string of the molecule is CCOC(=O)c1ccc(CO[P+](=O)OCc2ccc(C(=O)OCC)cc2)cc1. The molecule has 0 N–H and O–H groups in total. The van der Waals surface area contributed by atoms with E-state index in [1.807, 2.05) is 0 Å². The molecule has 8 heteroatoms. The van der Waals surface area contributed by atoms with Gasteiger partial charge in [0.15, 0.2) is 0 Å². The number of ether oxygens (including phenoxy) is 2. The van der Waals surface area contributed by atoms with E-state index in [1.165, 1.54) is 0 Å². The van der Waals surface area contributed by atoms with Crippen LogP contribution in [0.3, 0.4) is 0 Å². The molecule has 0 heterocycles. The molecule has 0 amide bonds. The second-order valence-corrected chi connectivity index (χ2v) is 6.57. The monoisotopic (exact) mass is 405 g/mol. The van der Waals surface area contributed by atoms with Crippen LogP contribution in [0.2, 0.25) is 0 Å². The zero-order chi connectivity index (χ0) is 20.4. The first-order valence-corrected chi connectivity index (χ1v) is 9.88. The zero-order valence-corrected chi connectivity index (χ0v) is 16.6. The van der Waals surface area contributed by atoms with Crippen LogP contribution in [0, 0.1) is 0 Å². The van der Waals surface area contributed by atoms with Gasteiger partial charge in [0.2, 0.25) is 0 Å². The maximum Gasteiger partial charge on any atom is 0.698 e. The number of rotatable bonds is 10. The Kier molecular flexibility index (Phi) is 8.75. The third-order valence-corrected chi connectivity index (χ3v) is 4.28. The molecule has 148 valence electrons. The number of esters is 2. The minimum absolute atomic E-state index is 0.0834. The lowest BCUT2D eigenvalue weighted by molar-refractivity contribution is 0.0516. The molecular formula is C20H22O7P+. The molecular weight excluding hydrogens is 383 g/mol. The lowest BCUT2D eigenvalue weighted by Gasteiger charge is -2.02. The van der Waals surface area contributed by atoms with Gasteiger partial charge in [-0.3, -0.25) is 0 Å². The summed E-state index contributed by atoms with van der Waals surface area (Å²) >= 11 is 0. The zero-order valence-electron chi connectivity index (χ0n) is 15.8. The van der Waals surface area contributed by atoms with Crippen LogP contribution < -0.4 is 0 Å². The highest BCUT2D eigenvalue weighted by molar-refractivity contribution is 7.33. The smallest absolute Gasteiger partial charge is 0.462 e. The summed E-state index contributed by atoms with van der Waals surface area (Å²) in [5.41, 5.74) is 2.38. The van der Waals surface area contributed by atoms with Crippen LogP contribution in [-0.4, -0.2) is 25.2 Å². The van der Waals surface area contributed by atoms with Gasteiger partial charge in [0.1, 0.15) is 13.2 Å². The molecule has 0 fully saturated rings. The molecule has 0 atom stereocenters. The third kappa shape index (κ3) is 6.85. The molecule has 0 saturated carbocycles. The standard InChI is InChI=1S/C20H22O7P/c1-3-24-19(21)17-9-5-15(6-10-17)13-26-28(23)27-14-16-7-11-18(12-8-16)20(22)25-4-2/h5-12H,3-4,13-14H2,1-2H3/q+1. The first-order chi connectivity index (χ1) is 13.5. The van der Waals surface area contributed by atoms with Gasteiger partial charge in [0.05, 0.1) is 24.3 Å². The second kappa shape index (κ2) is 11.3. The van der Waals surface area contributed by atoms with Crippen LogP contribution in [0.15, 0.2) is 48.5 Å². The predicted molar refractivity (Wildman–Crippen MR) is 102 cm³/mol. The van der Waals surface area contributed by atoms with Crippen molar-refractivity contribution in [3.05, 3.63) is 70.8 Å². The molecule has 28 heavy (non-hydrogen) atoms. The highest BCUT2D eigenvalue weighted by Gasteiger charge is 2.21. The average molecular weight is 405 g/mol. The van der Waals surface area contributed by atoms with E-state index in [2.05, 4.69) is 0 Å². The fraction of sp³-hybridized carbons (Fsp3) is 0.300. The van der Waals surface area contributed by atoms with E-state index in [-0.39, 0.29) is 13.2 Å². The van der Waals surface area contributed by atoms with Crippen molar-refractivity contribution in [2.75, 3.05) is 13.2 Å². The van der Waals surface area contributed by atoms with Crippen molar-refractivity contribution in [3.63, 3.8) is 0 Å². The Bertz CT molecular complexity index is 733. The van der Waals surface area contributed by atoms with Crippen molar-refractivity contribution in [1.82, 2.24) is 0 Å². The topological polar surface area (TPSA) is 88.1 Å².